The lowest BCUT2D eigenvalue weighted by atomic mass is 10.1. The SMILES string of the molecule is CCCCCCCCCCCN=C1NC(C)(C)NC(NCc2ccccc2)(OC(=O)C(=O)OC2(NCc3ccccc3)NC(=NCCCCCCCCCCC)NC(C)(C)N2)N1. The van der Waals surface area contributed by atoms with Gasteiger partial charge in [-0.2, -0.15) is 0 Å². The van der Waals surface area contributed by atoms with Crippen molar-refractivity contribution in [3.63, 3.8) is 0 Å². The van der Waals surface area contributed by atoms with Crippen molar-refractivity contribution >= 4 is 23.9 Å². The molecule has 2 fully saturated rings. The van der Waals surface area contributed by atoms with Crippen molar-refractivity contribution in [1.82, 2.24) is 42.5 Å². The number of carbonyl (C=O) groups is 2. The summed E-state index contributed by atoms with van der Waals surface area (Å²) in [6.45, 7) is 13.9. The van der Waals surface area contributed by atoms with Gasteiger partial charge in [0.15, 0.2) is 11.9 Å². The molecule has 2 aromatic carbocycles. The number of nitrogens with one attached hydrogen (secondary N) is 8. The van der Waals surface area contributed by atoms with Crippen LogP contribution in [0.3, 0.4) is 0 Å². The Labute approximate surface area is 372 Å². The zero-order valence-corrected chi connectivity index (χ0v) is 38.9. The highest BCUT2D eigenvalue weighted by atomic mass is 16.7. The molecule has 2 atom stereocenters. The van der Waals surface area contributed by atoms with Crippen LogP contribution in [0.4, 0.5) is 0 Å². The number of guanidine groups is 2. The molecule has 2 aliphatic heterocycles. The fraction of sp³-hybridized carbons (Fsp3) is 0.667. The number of ether oxygens (including phenoxy) is 2. The number of hydrogen-bond donors (Lipinski definition) is 8. The summed E-state index contributed by atoms with van der Waals surface area (Å²) in [5.74, 6) is -5.05. The minimum Gasteiger partial charge on any atom is -0.402 e. The fourth-order valence-electron chi connectivity index (χ4n) is 7.74. The predicted molar refractivity (Wildman–Crippen MR) is 250 cm³/mol. The van der Waals surface area contributed by atoms with Gasteiger partial charge >= 0.3 is 23.9 Å². The molecule has 2 aliphatic rings. The van der Waals surface area contributed by atoms with Crippen molar-refractivity contribution in [2.45, 2.75) is 193 Å². The predicted octanol–water partition coefficient (Wildman–Crippen LogP) is 7.69. The van der Waals surface area contributed by atoms with E-state index in [-0.39, 0.29) is 0 Å². The van der Waals surface area contributed by atoms with Crippen LogP contribution in [0.5, 0.6) is 0 Å². The molecule has 0 aromatic heterocycles. The van der Waals surface area contributed by atoms with Gasteiger partial charge in [0.1, 0.15) is 0 Å². The Morgan fingerprint density at radius 3 is 1.15 bits per heavy atom. The zero-order valence-electron chi connectivity index (χ0n) is 38.9. The third-order valence-corrected chi connectivity index (χ3v) is 10.9. The second-order valence-electron chi connectivity index (χ2n) is 17.9. The molecule has 2 aromatic rings. The van der Waals surface area contributed by atoms with Crippen LogP contribution in [0.2, 0.25) is 0 Å². The molecule has 2 saturated heterocycles. The number of carbonyl (C=O) groups excluding carboxylic acids is 2. The van der Waals surface area contributed by atoms with Crippen molar-refractivity contribution in [1.29, 1.82) is 0 Å². The second-order valence-corrected chi connectivity index (χ2v) is 17.9. The van der Waals surface area contributed by atoms with Gasteiger partial charge in [0, 0.05) is 26.2 Å². The normalized spacial score (nSPS) is 21.6. The van der Waals surface area contributed by atoms with Crippen LogP contribution >= 0.6 is 0 Å². The maximum absolute atomic E-state index is 14.1. The first-order valence-electron chi connectivity index (χ1n) is 23.7. The average Bonchev–Trinajstić information content (AvgIpc) is 3.23. The second kappa shape index (κ2) is 26.4. The lowest BCUT2D eigenvalue weighted by Crippen LogP contribution is -2.83. The highest BCUT2D eigenvalue weighted by molar-refractivity contribution is 6.30. The van der Waals surface area contributed by atoms with Crippen molar-refractivity contribution in [2.24, 2.45) is 9.98 Å². The number of hydrogen-bond acceptors (Lipinski definition) is 10. The van der Waals surface area contributed by atoms with Gasteiger partial charge < -0.3 is 20.1 Å². The number of nitrogens with zero attached hydrogens (tertiary/aromatic N) is 2. The van der Waals surface area contributed by atoms with E-state index in [0.717, 1.165) is 36.8 Å². The molecule has 0 amide bonds. The Balaban J connectivity index is 1.48. The number of benzene rings is 2. The van der Waals surface area contributed by atoms with Crippen LogP contribution in [-0.4, -0.2) is 60.2 Å². The van der Waals surface area contributed by atoms with Crippen LogP contribution in [0.15, 0.2) is 70.6 Å². The number of unbranched alkanes of at least 4 members (excludes halogenated alkanes) is 16. The third kappa shape index (κ3) is 19.0. The van der Waals surface area contributed by atoms with Crippen LogP contribution in [0, 0.1) is 0 Å². The summed E-state index contributed by atoms with van der Waals surface area (Å²) in [6, 6.07) is 19.5. The molecular weight excluding hydrogens is 781 g/mol. The minimum atomic E-state index is -1.74. The summed E-state index contributed by atoms with van der Waals surface area (Å²) in [6.07, 6.45) is 21.8. The molecule has 0 saturated carbocycles. The molecule has 14 heteroatoms. The van der Waals surface area contributed by atoms with E-state index in [1.807, 2.05) is 88.4 Å². The maximum atomic E-state index is 14.1. The van der Waals surface area contributed by atoms with E-state index in [9.17, 15) is 9.59 Å². The van der Waals surface area contributed by atoms with Crippen molar-refractivity contribution < 1.29 is 19.1 Å². The molecule has 2 unspecified atom stereocenters. The zero-order chi connectivity index (χ0) is 44.6. The first-order chi connectivity index (χ1) is 29.9. The molecule has 4 rings (SSSR count). The first kappa shape index (κ1) is 50.4. The number of esters is 2. The molecular formula is C48H80N10O4. The summed E-state index contributed by atoms with van der Waals surface area (Å²) < 4.78 is 12.2. The molecule has 346 valence electrons. The monoisotopic (exact) mass is 861 g/mol. The van der Waals surface area contributed by atoms with E-state index in [4.69, 9.17) is 19.5 Å². The quantitative estimate of drug-likeness (QED) is 0.0182. The third-order valence-electron chi connectivity index (χ3n) is 10.9. The summed E-state index contributed by atoms with van der Waals surface area (Å²) >= 11 is 0. The summed E-state index contributed by atoms with van der Waals surface area (Å²) in [4.78, 5) is 37.8. The first-order valence-corrected chi connectivity index (χ1v) is 23.7. The van der Waals surface area contributed by atoms with Gasteiger partial charge in [-0.15, -0.1) is 0 Å². The Kier molecular flexibility index (Phi) is 21.5. The molecule has 0 bridgehead atoms. The van der Waals surface area contributed by atoms with Crippen molar-refractivity contribution in [3.8, 4) is 0 Å². The molecule has 8 N–H and O–H groups in total. The standard InChI is InChI=1S/C48H80N10O4/c1-7-9-11-13-15-17-19-21-29-35-49-43-53-45(3,4)57-47(55-43,51-37-39-31-25-23-26-32-39)61-41(59)42(60)62-48(52-38-40-33-27-24-28-34-40)56-44(54-46(5,6)58-48)50-36-30-22-20-18-16-14-12-10-8-2/h23-28,31-34,51-52,57-58H,7-22,29-30,35-38H2,1-6H3,(H2,49,53,55)(H2,50,54,56). The van der Waals surface area contributed by atoms with Gasteiger partial charge in [-0.1, -0.05) is 177 Å². The topological polar surface area (TPSA) is 174 Å². The average molecular weight is 861 g/mol. The van der Waals surface area contributed by atoms with E-state index in [2.05, 4.69) is 56.4 Å². The summed E-state index contributed by atoms with van der Waals surface area (Å²) in [5.41, 5.74) is 0.276. The van der Waals surface area contributed by atoms with Crippen LogP contribution < -0.4 is 42.5 Å². The van der Waals surface area contributed by atoms with Gasteiger partial charge in [-0.3, -0.25) is 20.6 Å². The maximum Gasteiger partial charge on any atom is 0.421 e. The smallest absolute Gasteiger partial charge is 0.402 e. The Hall–Kier alpha value is -4.24. The van der Waals surface area contributed by atoms with E-state index in [1.54, 1.807) is 0 Å². The number of aliphatic imine (C=N–C) groups is 2. The van der Waals surface area contributed by atoms with E-state index in [0.29, 0.717) is 38.1 Å². The molecule has 0 aliphatic carbocycles. The molecule has 14 nitrogen and oxygen atoms in total. The van der Waals surface area contributed by atoms with Crippen LogP contribution in [0.25, 0.3) is 0 Å². The van der Waals surface area contributed by atoms with Gasteiger partial charge in [0.2, 0.25) is 0 Å². The highest BCUT2D eigenvalue weighted by Gasteiger charge is 2.49. The summed E-state index contributed by atoms with van der Waals surface area (Å²) in [7, 11) is 0. The van der Waals surface area contributed by atoms with Gasteiger partial charge in [0.25, 0.3) is 0 Å². The fourth-order valence-corrected chi connectivity index (χ4v) is 7.74. The van der Waals surface area contributed by atoms with Gasteiger partial charge in [0.05, 0.1) is 11.3 Å². The van der Waals surface area contributed by atoms with E-state index < -0.39 is 35.2 Å². The molecule has 0 radical (unpaired) electrons. The van der Waals surface area contributed by atoms with Crippen molar-refractivity contribution in [2.75, 3.05) is 13.1 Å². The minimum absolute atomic E-state index is 0.301. The number of rotatable bonds is 28. The van der Waals surface area contributed by atoms with Gasteiger partial charge in [-0.05, 0) is 51.7 Å². The lowest BCUT2D eigenvalue weighted by Gasteiger charge is -2.48. The van der Waals surface area contributed by atoms with E-state index in [1.165, 1.54) is 89.9 Å². The van der Waals surface area contributed by atoms with Crippen LogP contribution in [-0.2, 0) is 32.2 Å². The lowest BCUT2D eigenvalue weighted by molar-refractivity contribution is -0.205. The van der Waals surface area contributed by atoms with Crippen LogP contribution in [0.1, 0.15) is 168 Å². The van der Waals surface area contributed by atoms with Crippen molar-refractivity contribution in [3.05, 3.63) is 71.8 Å². The Morgan fingerprint density at radius 1 is 0.484 bits per heavy atom. The largest absolute Gasteiger partial charge is 0.421 e. The highest BCUT2D eigenvalue weighted by Crippen LogP contribution is 2.18. The van der Waals surface area contributed by atoms with Gasteiger partial charge in [-0.25, -0.2) is 30.9 Å². The molecule has 2 heterocycles. The summed E-state index contributed by atoms with van der Waals surface area (Å²) in [5, 5.41) is 26.5. The Bertz CT molecular complexity index is 1540. The molecule has 62 heavy (non-hydrogen) atoms. The Morgan fingerprint density at radius 2 is 0.806 bits per heavy atom. The van der Waals surface area contributed by atoms with E-state index >= 15 is 0 Å². The molecule has 0 spiro atoms.